The fraction of sp³-hybridized carbons (Fsp3) is 0.414. The largest absolute Gasteiger partial charge is 1.00 e. The van der Waals surface area contributed by atoms with E-state index in [-0.39, 0.29) is 35.6 Å². The third-order valence-corrected chi connectivity index (χ3v) is 14.0. The molecule has 0 radical (unpaired) electrons. The van der Waals surface area contributed by atoms with Crippen LogP contribution in [0.2, 0.25) is 0 Å². The molecule has 0 N–H and O–H groups in total. The molecule has 2 aliphatic carbocycles. The van der Waals surface area contributed by atoms with Crippen LogP contribution >= 0.6 is 0 Å². The van der Waals surface area contributed by atoms with Gasteiger partial charge in [-0.25, -0.2) is 0 Å². The van der Waals surface area contributed by atoms with Crippen molar-refractivity contribution in [3.05, 3.63) is 74.1 Å². The van der Waals surface area contributed by atoms with Gasteiger partial charge in [0.25, 0.3) is 0 Å². The maximum absolute atomic E-state index is 2.61. The first-order valence-corrected chi connectivity index (χ1v) is 15.0. The Morgan fingerprint density at radius 2 is 1.53 bits per heavy atom. The monoisotopic (exact) mass is 544 g/mol. The molecule has 3 heteroatoms. The second-order valence-corrected chi connectivity index (χ2v) is 18.5. The molecule has 0 amide bonds. The molecular formula is C29H36Cl2Zr. The minimum Gasteiger partial charge on any atom is -1.00 e. The van der Waals surface area contributed by atoms with E-state index in [9.17, 15) is 0 Å². The van der Waals surface area contributed by atoms with Crippen molar-refractivity contribution in [2.24, 2.45) is 0 Å². The van der Waals surface area contributed by atoms with Gasteiger partial charge in [0.15, 0.2) is 0 Å². The quantitative estimate of drug-likeness (QED) is 0.453. The van der Waals surface area contributed by atoms with E-state index in [2.05, 4.69) is 104 Å². The zero-order valence-corrected chi connectivity index (χ0v) is 24.8. The van der Waals surface area contributed by atoms with E-state index in [0.717, 1.165) is 12.8 Å². The van der Waals surface area contributed by atoms with Crippen LogP contribution in [-0.2, 0) is 38.5 Å². The third-order valence-electron chi connectivity index (χ3n) is 6.61. The van der Waals surface area contributed by atoms with Gasteiger partial charge in [0.1, 0.15) is 0 Å². The van der Waals surface area contributed by atoms with E-state index in [4.69, 9.17) is 0 Å². The molecule has 0 saturated heterocycles. The average molecular weight is 547 g/mol. The van der Waals surface area contributed by atoms with E-state index in [1.807, 2.05) is 0 Å². The zero-order chi connectivity index (χ0) is 21.8. The Morgan fingerprint density at radius 1 is 0.844 bits per heavy atom. The molecule has 0 aromatic heterocycles. The molecule has 0 nitrogen and oxygen atoms in total. The molecule has 0 unspecified atom stereocenters. The van der Waals surface area contributed by atoms with Crippen LogP contribution in [0.25, 0.3) is 11.1 Å². The number of halogens is 2. The van der Waals surface area contributed by atoms with Crippen molar-refractivity contribution in [2.45, 2.75) is 79.1 Å². The number of rotatable bonds is 2. The van der Waals surface area contributed by atoms with Gasteiger partial charge in [0, 0.05) is 0 Å². The molecule has 0 heterocycles. The Morgan fingerprint density at radius 3 is 2.06 bits per heavy atom. The summed E-state index contributed by atoms with van der Waals surface area (Å²) in [7, 11) is 0. The summed E-state index contributed by atoms with van der Waals surface area (Å²) in [6.45, 7) is 18.9. The number of hydrogen-bond acceptors (Lipinski definition) is 0. The van der Waals surface area contributed by atoms with Crippen LogP contribution in [0.5, 0.6) is 0 Å². The molecule has 170 valence electrons. The fourth-order valence-electron chi connectivity index (χ4n) is 5.06. The van der Waals surface area contributed by atoms with Crippen LogP contribution in [0.3, 0.4) is 0 Å². The van der Waals surface area contributed by atoms with Gasteiger partial charge in [-0.3, -0.25) is 0 Å². The van der Waals surface area contributed by atoms with E-state index in [1.54, 1.807) is 20.9 Å². The molecule has 2 aromatic carbocycles. The first kappa shape index (κ1) is 27.5. The summed E-state index contributed by atoms with van der Waals surface area (Å²) < 4.78 is 5.15. The molecule has 0 spiro atoms. The smallest absolute Gasteiger partial charge is 1.00 e. The van der Waals surface area contributed by atoms with Crippen LogP contribution in [0.1, 0.15) is 84.1 Å². The molecule has 0 aliphatic heterocycles. The van der Waals surface area contributed by atoms with Crippen molar-refractivity contribution in [1.29, 1.82) is 0 Å². The predicted molar refractivity (Wildman–Crippen MR) is 130 cm³/mol. The maximum Gasteiger partial charge on any atom is -1.00 e. The SMILES string of the molecule is C[C](C)=[Zr+2]([C]1=CC=CC1)[c]1cc(C(C)(C)C)cc2c1Cc1c-2cccc1C(C)(C)C.[Cl-].[Cl-]. The molecule has 0 atom stereocenters. The summed E-state index contributed by atoms with van der Waals surface area (Å²) in [5.74, 6) is 0. The summed E-state index contributed by atoms with van der Waals surface area (Å²) in [6.07, 6.45) is 9.32. The Hall–Kier alpha value is -0.747. The van der Waals surface area contributed by atoms with Crippen LogP contribution < -0.4 is 28.1 Å². The van der Waals surface area contributed by atoms with Crippen LogP contribution in [-0.4, -0.2) is 3.21 Å². The van der Waals surface area contributed by atoms with Crippen molar-refractivity contribution in [3.63, 3.8) is 0 Å². The van der Waals surface area contributed by atoms with Crippen molar-refractivity contribution >= 4 is 6.48 Å². The van der Waals surface area contributed by atoms with Gasteiger partial charge in [0.2, 0.25) is 0 Å². The number of allylic oxidation sites excluding steroid dienone is 4. The van der Waals surface area contributed by atoms with Crippen molar-refractivity contribution in [2.75, 3.05) is 0 Å². The second-order valence-electron chi connectivity index (χ2n) is 11.3. The Kier molecular flexibility index (Phi) is 8.47. The van der Waals surface area contributed by atoms with Gasteiger partial charge in [-0.1, -0.05) is 0 Å². The second kappa shape index (κ2) is 9.86. The van der Waals surface area contributed by atoms with Crippen molar-refractivity contribution < 1.29 is 46.1 Å². The zero-order valence-electron chi connectivity index (χ0n) is 20.8. The predicted octanol–water partition coefficient (Wildman–Crippen LogP) is 1.16. The summed E-state index contributed by atoms with van der Waals surface area (Å²) in [5, 5.41) is 0. The van der Waals surface area contributed by atoms with E-state index in [0.29, 0.717) is 0 Å². The van der Waals surface area contributed by atoms with Gasteiger partial charge in [-0.15, -0.1) is 0 Å². The van der Waals surface area contributed by atoms with Crippen LogP contribution in [0, 0.1) is 0 Å². The van der Waals surface area contributed by atoms with Gasteiger partial charge >= 0.3 is 192 Å². The van der Waals surface area contributed by atoms with Crippen LogP contribution in [0.4, 0.5) is 0 Å². The normalized spacial score (nSPS) is 13.9. The first-order valence-electron chi connectivity index (χ1n) is 11.3. The standard InChI is InChI=1S/C21H25.C5H5.C3H6.2ClH.Zr/c1-20(2,3)15-11-10-14-12-18-16(17(14)13-15)8-7-9-19(18)21(4,5)6;1-2-4-5-3-1;1-3-2;;;/h7-9,11,13H,12H2,1-6H3;1-3H,4H2;1-2H3;2*1H;/q;;;;;+2/p-2. The van der Waals surface area contributed by atoms with Crippen molar-refractivity contribution in [3.8, 4) is 11.1 Å². The molecule has 0 bridgehead atoms. The van der Waals surface area contributed by atoms with Crippen molar-refractivity contribution in [1.82, 2.24) is 0 Å². The van der Waals surface area contributed by atoms with Gasteiger partial charge in [-0.05, 0) is 0 Å². The third kappa shape index (κ3) is 5.01. The van der Waals surface area contributed by atoms with Gasteiger partial charge in [-0.2, -0.15) is 0 Å². The average Bonchev–Trinajstić information content (AvgIpc) is 3.27. The van der Waals surface area contributed by atoms with E-state index >= 15 is 0 Å². The van der Waals surface area contributed by atoms with E-state index < -0.39 is 21.3 Å². The Labute approximate surface area is 215 Å². The molecule has 0 saturated carbocycles. The summed E-state index contributed by atoms with van der Waals surface area (Å²) >= 11 is -2.06. The Balaban J connectivity index is 0.00000181. The first-order chi connectivity index (χ1) is 14.0. The number of fused-ring (bicyclic) bond motifs is 3. The molecular weight excluding hydrogens is 510 g/mol. The summed E-state index contributed by atoms with van der Waals surface area (Å²) in [6, 6.07) is 12.1. The maximum atomic E-state index is 2.61. The fourth-order valence-corrected chi connectivity index (χ4v) is 12.3. The molecule has 2 aromatic rings. The number of hydrogen-bond donors (Lipinski definition) is 0. The molecule has 0 fully saturated rings. The van der Waals surface area contributed by atoms with Crippen LogP contribution in [0.15, 0.2) is 51.8 Å². The number of benzene rings is 2. The summed E-state index contributed by atoms with van der Waals surface area (Å²) in [4.78, 5) is 0. The topological polar surface area (TPSA) is 0 Å². The molecule has 2 aliphatic rings. The molecule has 32 heavy (non-hydrogen) atoms. The molecule has 4 rings (SSSR count). The minimum absolute atomic E-state index is 0. The van der Waals surface area contributed by atoms with E-state index in [1.165, 1.54) is 22.3 Å². The summed E-state index contributed by atoms with van der Waals surface area (Å²) in [5.41, 5.74) is 9.56. The van der Waals surface area contributed by atoms with Gasteiger partial charge in [0.05, 0.1) is 0 Å². The Bertz CT molecular complexity index is 1120. The minimum atomic E-state index is -2.06. The van der Waals surface area contributed by atoms with Gasteiger partial charge < -0.3 is 24.8 Å².